The number of nitrogens with zero attached hydrogens (tertiary/aromatic N) is 1. The van der Waals surface area contributed by atoms with Crippen molar-refractivity contribution in [3.05, 3.63) is 45.2 Å². The molecule has 17 heavy (non-hydrogen) atoms. The topological polar surface area (TPSA) is 61.8 Å². The average Bonchev–Trinajstić information content (AvgIpc) is 2.67. The van der Waals surface area contributed by atoms with Crippen LogP contribution in [0.2, 0.25) is 0 Å². The highest BCUT2D eigenvalue weighted by Gasteiger charge is 2.04. The first-order valence-electron chi connectivity index (χ1n) is 4.97. The van der Waals surface area contributed by atoms with Gasteiger partial charge in [-0.1, -0.05) is 28.1 Å². The van der Waals surface area contributed by atoms with Crippen molar-refractivity contribution in [2.24, 2.45) is 0 Å². The lowest BCUT2D eigenvalue weighted by Gasteiger charge is -2.03. The highest BCUT2D eigenvalue weighted by Crippen LogP contribution is 2.28. The molecule has 0 saturated carbocycles. The van der Waals surface area contributed by atoms with Crippen molar-refractivity contribution < 1.29 is 0 Å². The van der Waals surface area contributed by atoms with E-state index in [1.54, 1.807) is 6.07 Å². The monoisotopic (exact) mass is 307 g/mol. The summed E-state index contributed by atoms with van der Waals surface area (Å²) in [7, 11) is 0. The summed E-state index contributed by atoms with van der Waals surface area (Å²) in [6.45, 7) is 0.713. The van der Waals surface area contributed by atoms with Crippen molar-refractivity contribution in [2.45, 2.75) is 6.54 Å². The number of nitrogen functional groups attached to an aromatic ring is 1. The van der Waals surface area contributed by atoms with Crippen LogP contribution in [0.25, 0.3) is 0 Å². The molecule has 0 amide bonds. The minimum atomic E-state index is 0.536. The molecule has 1 aromatic carbocycles. The first-order valence-corrected chi connectivity index (χ1v) is 6.57. The molecule has 1 aromatic heterocycles. The van der Waals surface area contributed by atoms with Crippen molar-refractivity contribution in [2.75, 3.05) is 11.1 Å². The maximum absolute atomic E-state index is 8.80. The van der Waals surface area contributed by atoms with E-state index in [9.17, 15) is 0 Å². The molecule has 0 spiro atoms. The SMILES string of the molecule is N#Cc1sc(NCc2cccc(Br)c2)cc1N. The van der Waals surface area contributed by atoms with Crippen molar-refractivity contribution in [1.29, 1.82) is 5.26 Å². The van der Waals surface area contributed by atoms with Gasteiger partial charge in [-0.05, 0) is 23.8 Å². The molecule has 0 aliphatic rings. The summed E-state index contributed by atoms with van der Waals surface area (Å²) in [5, 5.41) is 13.0. The van der Waals surface area contributed by atoms with Crippen molar-refractivity contribution in [3.63, 3.8) is 0 Å². The standard InChI is InChI=1S/C12H10BrN3S/c13-9-3-1-2-8(4-9)7-16-12-5-10(15)11(6-14)17-12/h1-5,16H,7,15H2. The summed E-state index contributed by atoms with van der Waals surface area (Å²) in [5.74, 6) is 0. The molecule has 0 atom stereocenters. The Kier molecular flexibility index (Phi) is 3.67. The second-order valence-corrected chi connectivity index (χ2v) is 5.46. The Morgan fingerprint density at radius 1 is 1.41 bits per heavy atom. The first kappa shape index (κ1) is 12.0. The van der Waals surface area contributed by atoms with E-state index < -0.39 is 0 Å². The fourth-order valence-electron chi connectivity index (χ4n) is 1.42. The van der Waals surface area contributed by atoms with Crippen LogP contribution >= 0.6 is 27.3 Å². The maximum atomic E-state index is 8.80. The normalized spacial score (nSPS) is 9.88. The number of nitrogens with two attached hydrogens (primary N) is 1. The molecule has 3 nitrogen and oxygen atoms in total. The molecular weight excluding hydrogens is 298 g/mol. The number of nitriles is 1. The summed E-state index contributed by atoms with van der Waals surface area (Å²) in [6, 6.07) is 11.9. The Morgan fingerprint density at radius 2 is 2.24 bits per heavy atom. The zero-order chi connectivity index (χ0) is 12.3. The van der Waals surface area contributed by atoms with Gasteiger partial charge >= 0.3 is 0 Å². The molecule has 0 fully saturated rings. The summed E-state index contributed by atoms with van der Waals surface area (Å²) >= 11 is 4.80. The number of rotatable bonds is 3. The van der Waals surface area contributed by atoms with E-state index in [0.29, 0.717) is 17.1 Å². The van der Waals surface area contributed by atoms with Gasteiger partial charge in [0.25, 0.3) is 0 Å². The van der Waals surface area contributed by atoms with Gasteiger partial charge < -0.3 is 11.1 Å². The number of thiophene rings is 1. The van der Waals surface area contributed by atoms with Gasteiger partial charge in [0, 0.05) is 11.0 Å². The Morgan fingerprint density at radius 3 is 2.88 bits per heavy atom. The smallest absolute Gasteiger partial charge is 0.129 e. The summed E-state index contributed by atoms with van der Waals surface area (Å²) < 4.78 is 1.06. The molecule has 0 bridgehead atoms. The molecular formula is C12H10BrN3S. The van der Waals surface area contributed by atoms with E-state index in [-0.39, 0.29) is 0 Å². The number of hydrogen-bond acceptors (Lipinski definition) is 4. The number of anilines is 2. The highest BCUT2D eigenvalue weighted by atomic mass is 79.9. The largest absolute Gasteiger partial charge is 0.397 e. The van der Waals surface area contributed by atoms with Crippen molar-refractivity contribution in [3.8, 4) is 6.07 Å². The molecule has 0 aliphatic carbocycles. The molecule has 0 aliphatic heterocycles. The van der Waals surface area contributed by atoms with Gasteiger partial charge in [0.2, 0.25) is 0 Å². The van der Waals surface area contributed by atoms with Crippen LogP contribution in [0.15, 0.2) is 34.8 Å². The highest BCUT2D eigenvalue weighted by molar-refractivity contribution is 9.10. The lowest BCUT2D eigenvalue weighted by Crippen LogP contribution is -1.97. The molecule has 0 radical (unpaired) electrons. The summed E-state index contributed by atoms with van der Waals surface area (Å²) in [5.41, 5.74) is 7.39. The lowest BCUT2D eigenvalue weighted by atomic mass is 10.2. The van der Waals surface area contributed by atoms with Gasteiger partial charge in [0.05, 0.1) is 10.7 Å². The van der Waals surface area contributed by atoms with Crippen molar-refractivity contribution >= 4 is 38.0 Å². The van der Waals surface area contributed by atoms with Gasteiger partial charge in [0.15, 0.2) is 0 Å². The van der Waals surface area contributed by atoms with Gasteiger partial charge in [-0.25, -0.2) is 0 Å². The van der Waals surface area contributed by atoms with Crippen LogP contribution < -0.4 is 11.1 Å². The van der Waals surface area contributed by atoms with E-state index in [2.05, 4.69) is 33.4 Å². The molecule has 2 aromatic rings. The fourth-order valence-corrected chi connectivity index (χ4v) is 2.63. The minimum Gasteiger partial charge on any atom is -0.397 e. The number of hydrogen-bond donors (Lipinski definition) is 2. The average molecular weight is 308 g/mol. The second-order valence-electron chi connectivity index (χ2n) is 3.49. The predicted molar refractivity (Wildman–Crippen MR) is 74.9 cm³/mol. The second kappa shape index (κ2) is 5.21. The zero-order valence-corrected chi connectivity index (χ0v) is 11.3. The Bertz CT molecular complexity index is 571. The third-order valence-electron chi connectivity index (χ3n) is 2.22. The Hall–Kier alpha value is -1.51. The van der Waals surface area contributed by atoms with Gasteiger partial charge in [-0.2, -0.15) is 5.26 Å². The molecule has 0 saturated heterocycles. The van der Waals surface area contributed by atoms with Crippen LogP contribution in [0.3, 0.4) is 0 Å². The van der Waals surface area contributed by atoms with E-state index in [1.165, 1.54) is 16.9 Å². The number of halogens is 1. The van der Waals surface area contributed by atoms with Crippen LogP contribution in [0, 0.1) is 11.3 Å². The lowest BCUT2D eigenvalue weighted by molar-refractivity contribution is 1.16. The van der Waals surface area contributed by atoms with E-state index in [0.717, 1.165) is 9.47 Å². The van der Waals surface area contributed by atoms with Crippen LogP contribution in [0.1, 0.15) is 10.4 Å². The first-order chi connectivity index (χ1) is 8.19. The summed E-state index contributed by atoms with van der Waals surface area (Å²) in [4.78, 5) is 0.557. The molecule has 2 rings (SSSR count). The van der Waals surface area contributed by atoms with Gasteiger partial charge in [0.1, 0.15) is 10.9 Å². The predicted octanol–water partition coefficient (Wildman–Crippen LogP) is 3.58. The molecule has 5 heteroatoms. The Labute approximate surface area is 112 Å². The van der Waals surface area contributed by atoms with E-state index in [1.807, 2.05) is 18.2 Å². The van der Waals surface area contributed by atoms with Gasteiger partial charge in [-0.3, -0.25) is 0 Å². The minimum absolute atomic E-state index is 0.536. The van der Waals surface area contributed by atoms with Gasteiger partial charge in [-0.15, -0.1) is 11.3 Å². The third kappa shape index (κ3) is 2.99. The molecule has 3 N–H and O–H groups in total. The fraction of sp³-hybridized carbons (Fsp3) is 0.0833. The Balaban J connectivity index is 2.05. The van der Waals surface area contributed by atoms with E-state index in [4.69, 9.17) is 11.0 Å². The van der Waals surface area contributed by atoms with E-state index >= 15 is 0 Å². The number of benzene rings is 1. The zero-order valence-electron chi connectivity index (χ0n) is 8.90. The number of nitrogens with one attached hydrogen (secondary N) is 1. The third-order valence-corrected chi connectivity index (χ3v) is 3.72. The van der Waals surface area contributed by atoms with Crippen LogP contribution in [0.5, 0.6) is 0 Å². The summed E-state index contributed by atoms with van der Waals surface area (Å²) in [6.07, 6.45) is 0. The maximum Gasteiger partial charge on any atom is 0.129 e. The molecule has 1 heterocycles. The van der Waals surface area contributed by atoms with Crippen LogP contribution in [-0.2, 0) is 6.54 Å². The van der Waals surface area contributed by atoms with Crippen LogP contribution in [0.4, 0.5) is 10.7 Å². The van der Waals surface area contributed by atoms with Crippen LogP contribution in [-0.4, -0.2) is 0 Å². The molecule has 0 unspecified atom stereocenters. The quantitative estimate of drug-likeness (QED) is 0.911. The molecule has 86 valence electrons. The van der Waals surface area contributed by atoms with Crippen molar-refractivity contribution in [1.82, 2.24) is 0 Å².